The monoisotopic (exact) mass is 348 g/mol. The first kappa shape index (κ1) is 16.4. The van der Waals surface area contributed by atoms with Crippen molar-refractivity contribution < 1.29 is 17.6 Å². The number of nitrogens with one attached hydrogen (secondary N) is 2. The van der Waals surface area contributed by atoms with Crippen LogP contribution in [-0.2, 0) is 9.84 Å². The van der Waals surface area contributed by atoms with Gasteiger partial charge in [-0.1, -0.05) is 12.1 Å². The van der Waals surface area contributed by atoms with E-state index in [-0.39, 0.29) is 29.3 Å². The summed E-state index contributed by atoms with van der Waals surface area (Å²) in [5, 5.41) is 5.84. The molecule has 2 aromatic rings. The molecule has 1 fully saturated rings. The highest BCUT2D eigenvalue weighted by Crippen LogP contribution is 2.22. The fourth-order valence-electron chi connectivity index (χ4n) is 2.65. The molecule has 1 atom stereocenters. The molecule has 0 saturated carbocycles. The lowest BCUT2D eigenvalue weighted by Crippen LogP contribution is -2.35. The Morgan fingerprint density at radius 2 is 1.79 bits per heavy atom. The van der Waals surface area contributed by atoms with E-state index in [1.807, 2.05) is 0 Å². The summed E-state index contributed by atoms with van der Waals surface area (Å²) >= 11 is 0. The average Bonchev–Trinajstić information content (AvgIpc) is 2.89. The predicted octanol–water partition coefficient (Wildman–Crippen LogP) is 2.49. The van der Waals surface area contributed by atoms with Crippen molar-refractivity contribution in [1.82, 2.24) is 5.32 Å². The number of carbonyl (C=O) groups excluding carboxylic acids is 1. The smallest absolute Gasteiger partial charge is 0.253 e. The molecule has 7 heteroatoms. The van der Waals surface area contributed by atoms with Gasteiger partial charge in [0.1, 0.15) is 5.82 Å². The van der Waals surface area contributed by atoms with Crippen LogP contribution >= 0.6 is 0 Å². The third-order valence-corrected chi connectivity index (χ3v) is 5.63. The number of anilines is 2. The molecule has 1 aliphatic heterocycles. The van der Waals surface area contributed by atoms with Crippen LogP contribution in [0.1, 0.15) is 16.8 Å². The molecule has 1 saturated heterocycles. The van der Waals surface area contributed by atoms with Gasteiger partial charge in [0, 0.05) is 11.7 Å². The van der Waals surface area contributed by atoms with Crippen LogP contribution in [-0.4, -0.2) is 31.9 Å². The maximum absolute atomic E-state index is 13.0. The molecule has 0 spiro atoms. The average molecular weight is 348 g/mol. The summed E-state index contributed by atoms with van der Waals surface area (Å²) in [4.78, 5) is 12.5. The fourth-order valence-corrected chi connectivity index (χ4v) is 4.32. The molecule has 1 aliphatic rings. The van der Waals surface area contributed by atoms with Gasteiger partial charge in [-0.2, -0.15) is 0 Å². The predicted molar refractivity (Wildman–Crippen MR) is 90.6 cm³/mol. The third kappa shape index (κ3) is 3.91. The van der Waals surface area contributed by atoms with Crippen molar-refractivity contribution in [3.05, 3.63) is 59.9 Å². The van der Waals surface area contributed by atoms with Crippen molar-refractivity contribution in [2.45, 2.75) is 12.5 Å². The minimum atomic E-state index is -3.05. The van der Waals surface area contributed by atoms with Gasteiger partial charge >= 0.3 is 0 Å². The normalized spacial score (nSPS) is 19.0. The molecule has 0 aromatic heterocycles. The number of amides is 1. The first-order chi connectivity index (χ1) is 11.4. The Morgan fingerprint density at radius 3 is 2.46 bits per heavy atom. The quantitative estimate of drug-likeness (QED) is 0.890. The molecule has 2 aromatic carbocycles. The van der Waals surface area contributed by atoms with Gasteiger partial charge in [0.2, 0.25) is 0 Å². The van der Waals surface area contributed by atoms with Gasteiger partial charge in [-0.15, -0.1) is 0 Å². The molecular formula is C17H17FN2O3S. The maximum Gasteiger partial charge on any atom is 0.253 e. The second-order valence-electron chi connectivity index (χ2n) is 5.75. The summed E-state index contributed by atoms with van der Waals surface area (Å²) in [6.07, 6.45) is 0.432. The van der Waals surface area contributed by atoms with Crippen LogP contribution in [0.4, 0.5) is 15.8 Å². The number of sulfone groups is 1. The number of carbonyl (C=O) groups is 1. The van der Waals surface area contributed by atoms with Crippen molar-refractivity contribution in [3.8, 4) is 0 Å². The van der Waals surface area contributed by atoms with Crippen molar-refractivity contribution in [3.63, 3.8) is 0 Å². The summed E-state index contributed by atoms with van der Waals surface area (Å²) in [5.41, 5.74) is 1.63. The van der Waals surface area contributed by atoms with Crippen molar-refractivity contribution in [2.24, 2.45) is 0 Å². The Morgan fingerprint density at radius 1 is 1.08 bits per heavy atom. The Bertz CT molecular complexity index is 850. The molecule has 5 nitrogen and oxygen atoms in total. The van der Waals surface area contributed by atoms with Crippen molar-refractivity contribution >= 4 is 27.1 Å². The number of benzene rings is 2. The summed E-state index contributed by atoms with van der Waals surface area (Å²) in [5.74, 6) is -0.587. The largest absolute Gasteiger partial charge is 0.355 e. The molecule has 0 aliphatic carbocycles. The Balaban J connectivity index is 1.76. The van der Waals surface area contributed by atoms with Crippen LogP contribution in [0, 0.1) is 5.82 Å². The molecule has 24 heavy (non-hydrogen) atoms. The standard InChI is InChI=1S/C17H17FN2O3S/c18-12-5-7-13(8-6-12)19-16-4-2-1-3-15(16)17(21)20-14-9-10-24(22,23)11-14/h1-8,14,19H,9-11H2,(H,20,21)/t14-/m0/s1. The zero-order valence-electron chi connectivity index (χ0n) is 12.8. The van der Waals surface area contributed by atoms with Gasteiger partial charge in [0.25, 0.3) is 5.91 Å². The minimum Gasteiger partial charge on any atom is -0.355 e. The van der Waals surface area contributed by atoms with Crippen LogP contribution in [0.5, 0.6) is 0 Å². The van der Waals surface area contributed by atoms with Crippen molar-refractivity contribution in [1.29, 1.82) is 0 Å². The van der Waals surface area contributed by atoms with Gasteiger partial charge in [-0.05, 0) is 42.8 Å². The van der Waals surface area contributed by atoms with Gasteiger partial charge < -0.3 is 10.6 Å². The van der Waals surface area contributed by atoms with E-state index in [0.29, 0.717) is 23.4 Å². The van der Waals surface area contributed by atoms with E-state index in [1.165, 1.54) is 12.1 Å². The second kappa shape index (κ2) is 6.60. The van der Waals surface area contributed by atoms with E-state index < -0.39 is 9.84 Å². The highest BCUT2D eigenvalue weighted by molar-refractivity contribution is 7.91. The molecule has 3 rings (SSSR count). The van der Waals surface area contributed by atoms with E-state index in [0.717, 1.165) is 0 Å². The number of para-hydroxylation sites is 1. The van der Waals surface area contributed by atoms with Crippen LogP contribution in [0.15, 0.2) is 48.5 Å². The molecule has 0 unspecified atom stereocenters. The number of hydrogen-bond acceptors (Lipinski definition) is 4. The maximum atomic E-state index is 13.0. The Hall–Kier alpha value is -2.41. The van der Waals surface area contributed by atoms with Crippen LogP contribution in [0.25, 0.3) is 0 Å². The lowest BCUT2D eigenvalue weighted by molar-refractivity contribution is 0.0942. The zero-order chi connectivity index (χ0) is 17.2. The zero-order valence-corrected chi connectivity index (χ0v) is 13.6. The van der Waals surface area contributed by atoms with E-state index in [4.69, 9.17) is 0 Å². The first-order valence-corrected chi connectivity index (χ1v) is 9.38. The fraction of sp³-hybridized carbons (Fsp3) is 0.235. The van der Waals surface area contributed by atoms with Gasteiger partial charge in [0.05, 0.1) is 22.8 Å². The van der Waals surface area contributed by atoms with E-state index in [2.05, 4.69) is 10.6 Å². The van der Waals surface area contributed by atoms with E-state index in [1.54, 1.807) is 36.4 Å². The third-order valence-electron chi connectivity index (χ3n) is 3.86. The number of hydrogen-bond donors (Lipinski definition) is 2. The van der Waals surface area contributed by atoms with Gasteiger partial charge in [0.15, 0.2) is 9.84 Å². The van der Waals surface area contributed by atoms with Crippen molar-refractivity contribution in [2.75, 3.05) is 16.8 Å². The SMILES string of the molecule is O=C(N[C@H]1CCS(=O)(=O)C1)c1ccccc1Nc1ccc(F)cc1. The molecule has 2 N–H and O–H groups in total. The molecule has 1 heterocycles. The molecule has 0 bridgehead atoms. The van der Waals surface area contributed by atoms with Crippen LogP contribution < -0.4 is 10.6 Å². The Labute approximate surface area is 139 Å². The van der Waals surface area contributed by atoms with Crippen LogP contribution in [0.3, 0.4) is 0 Å². The summed E-state index contributed by atoms with van der Waals surface area (Å²) in [7, 11) is -3.05. The molecular weight excluding hydrogens is 331 g/mol. The number of rotatable bonds is 4. The second-order valence-corrected chi connectivity index (χ2v) is 7.98. The Kier molecular flexibility index (Phi) is 4.53. The molecule has 0 radical (unpaired) electrons. The lowest BCUT2D eigenvalue weighted by Gasteiger charge is -2.15. The lowest BCUT2D eigenvalue weighted by atomic mass is 10.1. The number of halogens is 1. The topological polar surface area (TPSA) is 75.3 Å². The summed E-state index contributed by atoms with van der Waals surface area (Å²) in [6, 6.07) is 12.4. The molecule has 1 amide bonds. The van der Waals surface area contributed by atoms with Crippen LogP contribution in [0.2, 0.25) is 0 Å². The summed E-state index contributed by atoms with van der Waals surface area (Å²) in [6.45, 7) is 0. The first-order valence-electron chi connectivity index (χ1n) is 7.56. The van der Waals surface area contributed by atoms with E-state index in [9.17, 15) is 17.6 Å². The molecule has 126 valence electrons. The van der Waals surface area contributed by atoms with Gasteiger partial charge in [-0.3, -0.25) is 4.79 Å². The highest BCUT2D eigenvalue weighted by atomic mass is 32.2. The minimum absolute atomic E-state index is 0.0215. The highest BCUT2D eigenvalue weighted by Gasteiger charge is 2.29. The van der Waals surface area contributed by atoms with E-state index >= 15 is 0 Å². The van der Waals surface area contributed by atoms with Gasteiger partial charge in [-0.25, -0.2) is 12.8 Å². The summed E-state index contributed by atoms with van der Waals surface area (Å²) < 4.78 is 36.0.